The second kappa shape index (κ2) is 5.09. The number of nitrogens with zero attached hydrogens (tertiary/aromatic N) is 1. The number of benzene rings is 2. The summed E-state index contributed by atoms with van der Waals surface area (Å²) in [6.45, 7) is 4.98. The van der Waals surface area contributed by atoms with Gasteiger partial charge in [-0.15, -0.1) is 0 Å². The van der Waals surface area contributed by atoms with Gasteiger partial charge in [-0.2, -0.15) is 13.2 Å². The minimum atomic E-state index is -4.70. The lowest BCUT2D eigenvalue weighted by atomic mass is 9.83. The number of rotatable bonds is 1. The average molecular weight is 353 g/mol. The smallest absolute Gasteiger partial charge is 0.244 e. The molecule has 24 heavy (non-hydrogen) atoms. The van der Waals surface area contributed by atoms with E-state index in [1.54, 1.807) is 32.9 Å². The molecule has 128 valence electrons. The zero-order valence-electron chi connectivity index (χ0n) is 13.6. The summed E-state index contributed by atoms with van der Waals surface area (Å²) in [6.07, 6.45) is -4.70. The van der Waals surface area contributed by atoms with E-state index < -0.39 is 26.2 Å². The van der Waals surface area contributed by atoms with Gasteiger partial charge in [0.05, 0.1) is 19.4 Å². The third-order valence-corrected chi connectivity index (χ3v) is 7.42. The SMILES string of the molecule is CC(C)(C)[S@@]1(=O)=N[C@](c2ccccc2)(C(F)(F)F)c2ccccc21. The normalized spacial score (nSPS) is 26.8. The Kier molecular flexibility index (Phi) is 3.61. The highest BCUT2D eigenvalue weighted by molar-refractivity contribution is 7.95. The molecule has 6 heteroatoms. The van der Waals surface area contributed by atoms with E-state index in [-0.39, 0.29) is 16.0 Å². The fourth-order valence-electron chi connectivity index (χ4n) is 3.02. The van der Waals surface area contributed by atoms with Crippen molar-refractivity contribution in [1.29, 1.82) is 0 Å². The number of alkyl halides is 3. The minimum absolute atomic E-state index is 0.0144. The molecule has 3 rings (SSSR count). The molecule has 0 saturated heterocycles. The Bertz CT molecular complexity index is 890. The first-order valence-electron chi connectivity index (χ1n) is 7.54. The Morgan fingerprint density at radius 1 is 0.917 bits per heavy atom. The molecule has 0 saturated carbocycles. The van der Waals surface area contributed by atoms with Crippen molar-refractivity contribution in [2.24, 2.45) is 4.36 Å². The molecule has 1 aliphatic heterocycles. The van der Waals surface area contributed by atoms with Crippen molar-refractivity contribution in [2.45, 2.75) is 42.1 Å². The Labute approximate surface area is 139 Å². The highest BCUT2D eigenvalue weighted by Gasteiger charge is 2.63. The number of halogens is 3. The maximum atomic E-state index is 14.3. The highest BCUT2D eigenvalue weighted by Crippen LogP contribution is 2.56. The van der Waals surface area contributed by atoms with Crippen LogP contribution in [-0.2, 0) is 15.3 Å². The van der Waals surface area contributed by atoms with Crippen LogP contribution in [0.1, 0.15) is 31.9 Å². The summed E-state index contributed by atoms with van der Waals surface area (Å²) >= 11 is 0. The van der Waals surface area contributed by atoms with Gasteiger partial charge in [0.15, 0.2) is 0 Å². The molecule has 1 aliphatic rings. The molecule has 1 heterocycles. The van der Waals surface area contributed by atoms with Gasteiger partial charge >= 0.3 is 6.18 Å². The molecule has 2 atom stereocenters. The van der Waals surface area contributed by atoms with Crippen LogP contribution in [0, 0.1) is 0 Å². The number of hydrogen-bond donors (Lipinski definition) is 0. The molecule has 0 aliphatic carbocycles. The predicted molar refractivity (Wildman–Crippen MR) is 88.3 cm³/mol. The molecular weight excluding hydrogens is 335 g/mol. The Morgan fingerprint density at radius 2 is 1.46 bits per heavy atom. The lowest BCUT2D eigenvalue weighted by Crippen LogP contribution is -2.40. The minimum Gasteiger partial charge on any atom is -0.244 e. The van der Waals surface area contributed by atoms with Crippen LogP contribution in [0.4, 0.5) is 13.2 Å². The van der Waals surface area contributed by atoms with Gasteiger partial charge in [0.1, 0.15) is 0 Å². The Balaban J connectivity index is 2.51. The molecule has 0 spiro atoms. The molecule has 0 unspecified atom stereocenters. The lowest BCUT2D eigenvalue weighted by molar-refractivity contribution is -0.175. The molecule has 2 nitrogen and oxygen atoms in total. The largest absolute Gasteiger partial charge is 0.422 e. The molecule has 0 fully saturated rings. The van der Waals surface area contributed by atoms with Gasteiger partial charge in [-0.3, -0.25) is 0 Å². The van der Waals surface area contributed by atoms with E-state index in [2.05, 4.69) is 4.36 Å². The third-order valence-electron chi connectivity index (χ3n) is 4.27. The van der Waals surface area contributed by atoms with Gasteiger partial charge in [-0.25, -0.2) is 8.57 Å². The van der Waals surface area contributed by atoms with E-state index >= 15 is 0 Å². The van der Waals surface area contributed by atoms with E-state index in [9.17, 15) is 17.4 Å². The average Bonchev–Trinajstić information content (AvgIpc) is 2.80. The summed E-state index contributed by atoms with van der Waals surface area (Å²) in [5, 5.41) is 0. The predicted octanol–water partition coefficient (Wildman–Crippen LogP) is 5.13. The van der Waals surface area contributed by atoms with Crippen molar-refractivity contribution in [1.82, 2.24) is 0 Å². The number of fused-ring (bicyclic) bond motifs is 1. The van der Waals surface area contributed by atoms with Crippen molar-refractivity contribution in [3.05, 3.63) is 65.7 Å². The second-order valence-electron chi connectivity index (χ2n) is 6.80. The first-order valence-corrected chi connectivity index (χ1v) is 9.05. The zero-order valence-corrected chi connectivity index (χ0v) is 14.4. The first kappa shape index (κ1) is 17.0. The number of hydrogen-bond acceptors (Lipinski definition) is 2. The summed E-state index contributed by atoms with van der Waals surface area (Å²) < 4.78 is 59.6. The monoisotopic (exact) mass is 353 g/mol. The molecule has 0 radical (unpaired) electrons. The van der Waals surface area contributed by atoms with Crippen LogP contribution in [0.25, 0.3) is 0 Å². The fraction of sp³-hybridized carbons (Fsp3) is 0.333. The van der Waals surface area contributed by atoms with Crippen LogP contribution in [0.15, 0.2) is 63.9 Å². The maximum absolute atomic E-state index is 14.3. The van der Waals surface area contributed by atoms with Crippen molar-refractivity contribution in [3.63, 3.8) is 0 Å². The van der Waals surface area contributed by atoms with E-state index in [0.717, 1.165) is 0 Å². The third kappa shape index (κ3) is 2.12. The van der Waals surface area contributed by atoms with Gasteiger partial charge in [-0.05, 0) is 32.4 Å². The fourth-order valence-corrected chi connectivity index (χ4v) is 5.52. The standard InChI is InChI=1S/C18H18F3NOS/c1-16(2,3)24(23)15-12-8-7-11-14(15)17(22-24,18(19,20)21)13-9-5-4-6-10-13/h4-12H,1-3H3/t17-,24+/m0/s1. The topological polar surface area (TPSA) is 29.4 Å². The van der Waals surface area contributed by atoms with Gasteiger partial charge < -0.3 is 0 Å². The molecular formula is C18H18F3NOS. The van der Waals surface area contributed by atoms with Gasteiger partial charge in [-0.1, -0.05) is 48.5 Å². The van der Waals surface area contributed by atoms with Crippen molar-refractivity contribution in [2.75, 3.05) is 0 Å². The quantitative estimate of drug-likeness (QED) is 0.699. The van der Waals surface area contributed by atoms with E-state index in [4.69, 9.17) is 0 Å². The first-order chi connectivity index (χ1) is 11.0. The summed E-state index contributed by atoms with van der Waals surface area (Å²) in [4.78, 5) is 0.179. The molecule has 0 amide bonds. The lowest BCUT2D eigenvalue weighted by Gasteiger charge is -2.30. The molecule has 0 bridgehead atoms. The van der Waals surface area contributed by atoms with Gasteiger partial charge in [0.2, 0.25) is 5.54 Å². The van der Waals surface area contributed by atoms with Gasteiger partial charge in [0.25, 0.3) is 0 Å². The van der Waals surface area contributed by atoms with Crippen molar-refractivity contribution < 1.29 is 17.4 Å². The zero-order chi connectivity index (χ0) is 17.8. The van der Waals surface area contributed by atoms with Crippen LogP contribution in [0.5, 0.6) is 0 Å². The summed E-state index contributed by atoms with van der Waals surface area (Å²) in [5.74, 6) is 0. The highest BCUT2D eigenvalue weighted by atomic mass is 32.2. The summed E-state index contributed by atoms with van der Waals surface area (Å²) in [6, 6.07) is 13.5. The molecule has 0 N–H and O–H groups in total. The van der Waals surface area contributed by atoms with Crippen LogP contribution in [0.3, 0.4) is 0 Å². The second-order valence-corrected chi connectivity index (χ2v) is 9.70. The Hall–Kier alpha value is -1.82. The van der Waals surface area contributed by atoms with E-state index in [0.29, 0.717) is 0 Å². The van der Waals surface area contributed by atoms with E-state index in [1.807, 2.05) is 0 Å². The van der Waals surface area contributed by atoms with E-state index in [1.165, 1.54) is 42.5 Å². The van der Waals surface area contributed by atoms with Crippen LogP contribution >= 0.6 is 0 Å². The van der Waals surface area contributed by atoms with Crippen LogP contribution in [-0.4, -0.2) is 15.1 Å². The summed E-state index contributed by atoms with van der Waals surface area (Å²) in [7, 11) is -3.26. The van der Waals surface area contributed by atoms with Gasteiger partial charge in [0, 0.05) is 5.56 Å². The summed E-state index contributed by atoms with van der Waals surface area (Å²) in [5.41, 5.74) is -2.65. The Morgan fingerprint density at radius 3 is 2.00 bits per heavy atom. The molecule has 2 aromatic rings. The van der Waals surface area contributed by atoms with Crippen LogP contribution < -0.4 is 0 Å². The van der Waals surface area contributed by atoms with Crippen LogP contribution in [0.2, 0.25) is 0 Å². The molecule has 0 aromatic heterocycles. The molecule has 2 aromatic carbocycles. The van der Waals surface area contributed by atoms with Crippen molar-refractivity contribution >= 4 is 9.73 Å². The maximum Gasteiger partial charge on any atom is 0.422 e. The van der Waals surface area contributed by atoms with Crippen molar-refractivity contribution in [3.8, 4) is 0 Å².